The summed E-state index contributed by atoms with van der Waals surface area (Å²) in [6.45, 7) is 0.500. The minimum absolute atomic E-state index is 0.138. The molecule has 112 valence electrons. The zero-order valence-corrected chi connectivity index (χ0v) is 12.1. The summed E-state index contributed by atoms with van der Waals surface area (Å²) in [6.07, 6.45) is 0.892. The molecule has 0 saturated carbocycles. The number of ether oxygens (including phenoxy) is 1. The lowest BCUT2D eigenvalue weighted by Gasteiger charge is -2.28. The molecule has 1 atom stereocenters. The molecule has 21 heavy (non-hydrogen) atoms. The Morgan fingerprint density at radius 2 is 2.00 bits per heavy atom. The fourth-order valence-electron chi connectivity index (χ4n) is 2.22. The van der Waals surface area contributed by atoms with Gasteiger partial charge in [-0.25, -0.2) is 4.79 Å². The maximum Gasteiger partial charge on any atom is 0.337 e. The van der Waals surface area contributed by atoms with E-state index in [2.05, 4.69) is 10.1 Å². The Morgan fingerprint density at radius 3 is 2.62 bits per heavy atom. The fourth-order valence-corrected chi connectivity index (χ4v) is 2.22. The number of methoxy groups -OCH3 is 1. The van der Waals surface area contributed by atoms with Gasteiger partial charge in [0.1, 0.15) is 0 Å². The zero-order valence-electron chi connectivity index (χ0n) is 12.1. The number of likely N-dealkylation sites (tertiary alicyclic amines) is 1. The third kappa shape index (κ3) is 3.46. The van der Waals surface area contributed by atoms with Crippen LogP contribution in [0.5, 0.6) is 0 Å². The molecule has 1 aromatic carbocycles. The Balaban J connectivity index is 1.92. The quantitative estimate of drug-likeness (QED) is 0.653. The molecule has 6 nitrogen and oxygen atoms in total. The van der Waals surface area contributed by atoms with Gasteiger partial charge in [-0.15, -0.1) is 0 Å². The van der Waals surface area contributed by atoms with E-state index in [1.54, 1.807) is 24.3 Å². The summed E-state index contributed by atoms with van der Waals surface area (Å²) >= 11 is 0. The van der Waals surface area contributed by atoms with Crippen LogP contribution < -0.4 is 5.32 Å². The summed E-state index contributed by atoms with van der Waals surface area (Å²) in [6, 6.07) is 6.64. The van der Waals surface area contributed by atoms with E-state index in [4.69, 9.17) is 0 Å². The average Bonchev–Trinajstić information content (AvgIpc) is 2.52. The van der Waals surface area contributed by atoms with Gasteiger partial charge in [0.05, 0.1) is 18.7 Å². The van der Waals surface area contributed by atoms with Gasteiger partial charge < -0.3 is 10.1 Å². The molecule has 0 bridgehead atoms. The van der Waals surface area contributed by atoms with Gasteiger partial charge in [0.25, 0.3) is 0 Å². The van der Waals surface area contributed by atoms with Gasteiger partial charge in [-0.3, -0.25) is 14.5 Å². The summed E-state index contributed by atoms with van der Waals surface area (Å²) in [5.41, 5.74) is 1.44. The highest BCUT2D eigenvalue weighted by atomic mass is 16.5. The number of esters is 1. The molecule has 0 aliphatic carbocycles. The first kappa shape index (κ1) is 15.2. The SMILES string of the molecule is COC(=O)c1ccc(CNC2CCC(=O)N(C)C2=O)cc1. The number of nitrogens with zero attached hydrogens (tertiary/aromatic N) is 1. The molecule has 2 amide bonds. The normalized spacial score (nSPS) is 18.8. The maximum absolute atomic E-state index is 11.9. The predicted octanol–water partition coefficient (Wildman–Crippen LogP) is 0.710. The summed E-state index contributed by atoms with van der Waals surface area (Å²) in [7, 11) is 2.84. The highest BCUT2D eigenvalue weighted by Crippen LogP contribution is 2.12. The van der Waals surface area contributed by atoms with Gasteiger partial charge in [0.15, 0.2) is 0 Å². The van der Waals surface area contributed by atoms with Crippen molar-refractivity contribution in [3.05, 3.63) is 35.4 Å². The van der Waals surface area contributed by atoms with E-state index >= 15 is 0 Å². The van der Waals surface area contributed by atoms with Gasteiger partial charge in [-0.1, -0.05) is 12.1 Å². The Kier molecular flexibility index (Phi) is 4.70. The van der Waals surface area contributed by atoms with Crippen molar-refractivity contribution < 1.29 is 19.1 Å². The fraction of sp³-hybridized carbons (Fsp3) is 0.400. The van der Waals surface area contributed by atoms with Crippen molar-refractivity contribution in [2.24, 2.45) is 0 Å². The molecule has 1 saturated heterocycles. The van der Waals surface area contributed by atoms with E-state index < -0.39 is 0 Å². The van der Waals surface area contributed by atoms with Crippen LogP contribution in [0, 0.1) is 0 Å². The zero-order chi connectivity index (χ0) is 15.4. The smallest absolute Gasteiger partial charge is 0.337 e. The number of hydrogen-bond acceptors (Lipinski definition) is 5. The van der Waals surface area contributed by atoms with Gasteiger partial charge in [0.2, 0.25) is 11.8 Å². The number of carbonyl (C=O) groups is 3. The first-order valence-corrected chi connectivity index (χ1v) is 6.74. The Bertz CT molecular complexity index is 553. The van der Waals surface area contributed by atoms with E-state index in [-0.39, 0.29) is 23.8 Å². The summed E-state index contributed by atoms with van der Waals surface area (Å²) in [5.74, 6) is -0.713. The lowest BCUT2D eigenvalue weighted by Crippen LogP contribution is -2.51. The molecular formula is C15H18N2O4. The van der Waals surface area contributed by atoms with Crippen LogP contribution >= 0.6 is 0 Å². The first-order chi connectivity index (χ1) is 10.0. The highest BCUT2D eigenvalue weighted by Gasteiger charge is 2.31. The minimum Gasteiger partial charge on any atom is -0.465 e. The summed E-state index contributed by atoms with van der Waals surface area (Å²) < 4.78 is 4.63. The van der Waals surface area contributed by atoms with E-state index in [9.17, 15) is 14.4 Å². The molecule has 1 aromatic rings. The van der Waals surface area contributed by atoms with Crippen LogP contribution in [0.25, 0.3) is 0 Å². The Labute approximate surface area is 123 Å². The molecular weight excluding hydrogens is 272 g/mol. The van der Waals surface area contributed by atoms with Crippen LogP contribution in [0.1, 0.15) is 28.8 Å². The largest absolute Gasteiger partial charge is 0.465 e. The van der Waals surface area contributed by atoms with Crippen molar-refractivity contribution in [1.82, 2.24) is 10.2 Å². The molecule has 0 aromatic heterocycles. The molecule has 0 spiro atoms. The van der Waals surface area contributed by atoms with E-state index in [0.717, 1.165) is 5.56 Å². The van der Waals surface area contributed by atoms with Gasteiger partial charge in [-0.2, -0.15) is 0 Å². The second kappa shape index (κ2) is 6.49. The van der Waals surface area contributed by atoms with Crippen molar-refractivity contribution in [1.29, 1.82) is 0 Å². The Hall–Kier alpha value is -2.21. The van der Waals surface area contributed by atoms with Crippen LogP contribution in [0.4, 0.5) is 0 Å². The van der Waals surface area contributed by atoms with Gasteiger partial charge >= 0.3 is 5.97 Å². The first-order valence-electron chi connectivity index (χ1n) is 6.74. The van der Waals surface area contributed by atoms with Gasteiger partial charge in [0, 0.05) is 20.0 Å². The van der Waals surface area contributed by atoms with E-state index in [1.807, 2.05) is 0 Å². The molecule has 1 heterocycles. The highest BCUT2D eigenvalue weighted by molar-refractivity contribution is 6.00. The number of likely N-dealkylation sites (N-methyl/N-ethyl adjacent to an activating group) is 1. The number of piperidine rings is 1. The van der Waals surface area contributed by atoms with Crippen molar-refractivity contribution >= 4 is 17.8 Å². The van der Waals surface area contributed by atoms with Crippen LogP contribution in [-0.2, 0) is 20.9 Å². The molecule has 0 radical (unpaired) electrons. The number of carbonyl (C=O) groups excluding carboxylic acids is 3. The number of benzene rings is 1. The van der Waals surface area contributed by atoms with Crippen LogP contribution in [0.2, 0.25) is 0 Å². The summed E-state index contributed by atoms with van der Waals surface area (Å²) in [5, 5.41) is 3.14. The third-order valence-corrected chi connectivity index (χ3v) is 3.58. The molecule has 1 unspecified atom stereocenters. The number of nitrogens with one attached hydrogen (secondary N) is 1. The monoisotopic (exact) mass is 290 g/mol. The lowest BCUT2D eigenvalue weighted by molar-refractivity contribution is -0.148. The molecule has 6 heteroatoms. The van der Waals surface area contributed by atoms with Crippen LogP contribution in [0.15, 0.2) is 24.3 Å². The standard InChI is InChI=1S/C15H18N2O4/c1-17-13(18)8-7-12(14(17)19)16-9-10-3-5-11(6-4-10)15(20)21-2/h3-6,12,16H,7-9H2,1-2H3. The van der Waals surface area contributed by atoms with E-state index in [0.29, 0.717) is 24.9 Å². The second-order valence-corrected chi connectivity index (χ2v) is 4.95. The van der Waals surface area contributed by atoms with Crippen LogP contribution in [-0.4, -0.2) is 42.9 Å². The van der Waals surface area contributed by atoms with Crippen molar-refractivity contribution in [3.8, 4) is 0 Å². The van der Waals surface area contributed by atoms with Crippen LogP contribution in [0.3, 0.4) is 0 Å². The molecule has 1 fully saturated rings. The van der Waals surface area contributed by atoms with Crippen molar-refractivity contribution in [2.75, 3.05) is 14.2 Å². The third-order valence-electron chi connectivity index (χ3n) is 3.58. The number of imide groups is 1. The second-order valence-electron chi connectivity index (χ2n) is 4.95. The maximum atomic E-state index is 11.9. The average molecular weight is 290 g/mol. The minimum atomic E-state index is -0.378. The van der Waals surface area contributed by atoms with Crippen molar-refractivity contribution in [3.63, 3.8) is 0 Å². The number of rotatable bonds is 4. The van der Waals surface area contributed by atoms with E-state index in [1.165, 1.54) is 19.1 Å². The molecule has 2 rings (SSSR count). The number of hydrogen-bond donors (Lipinski definition) is 1. The summed E-state index contributed by atoms with van der Waals surface area (Å²) in [4.78, 5) is 35.8. The Morgan fingerprint density at radius 1 is 1.33 bits per heavy atom. The van der Waals surface area contributed by atoms with Gasteiger partial charge in [-0.05, 0) is 24.1 Å². The predicted molar refractivity (Wildman–Crippen MR) is 75.4 cm³/mol. The van der Waals surface area contributed by atoms with Crippen molar-refractivity contribution in [2.45, 2.75) is 25.4 Å². The molecule has 1 aliphatic heterocycles. The topological polar surface area (TPSA) is 75.7 Å². The number of amides is 2. The molecule has 1 aliphatic rings. The molecule has 1 N–H and O–H groups in total. The lowest BCUT2D eigenvalue weighted by atomic mass is 10.0.